The van der Waals surface area contributed by atoms with Crippen LogP contribution in [0.4, 0.5) is 13.2 Å². The smallest absolute Gasteiger partial charge is 0.416 e. The van der Waals surface area contributed by atoms with Crippen LogP contribution in [0.15, 0.2) is 48.5 Å². The molecule has 1 amide bonds. The van der Waals surface area contributed by atoms with Crippen LogP contribution in [0.2, 0.25) is 0 Å². The van der Waals surface area contributed by atoms with Crippen LogP contribution in [0.1, 0.15) is 16.7 Å². The van der Waals surface area contributed by atoms with Crippen LogP contribution in [0.25, 0.3) is 0 Å². The van der Waals surface area contributed by atoms with Gasteiger partial charge >= 0.3 is 12.1 Å². The molecule has 0 fully saturated rings. The largest absolute Gasteiger partial charge is 0.467 e. The van der Waals surface area contributed by atoms with Crippen LogP contribution in [-0.4, -0.2) is 25.0 Å². The Kier molecular flexibility index (Phi) is 7.23. The van der Waals surface area contributed by atoms with Gasteiger partial charge in [-0.3, -0.25) is 4.79 Å². The molecule has 0 aliphatic rings. The Morgan fingerprint density at radius 1 is 1.11 bits per heavy atom. The summed E-state index contributed by atoms with van der Waals surface area (Å²) in [4.78, 5) is 24.2. The zero-order chi connectivity index (χ0) is 20.0. The Balaban J connectivity index is 2.07. The molecule has 0 aliphatic carbocycles. The molecule has 0 bridgehead atoms. The maximum Gasteiger partial charge on any atom is 0.416 e. The summed E-state index contributed by atoms with van der Waals surface area (Å²) in [5, 5.41) is 2.54. The van der Waals surface area contributed by atoms with Crippen molar-refractivity contribution in [3.8, 4) is 0 Å². The Labute approximate surface area is 168 Å². The van der Waals surface area contributed by atoms with E-state index in [0.29, 0.717) is 0 Å². The maximum absolute atomic E-state index is 12.8. The average molecular weight is 491 g/mol. The van der Waals surface area contributed by atoms with Crippen LogP contribution >= 0.6 is 22.6 Å². The molecule has 144 valence electrons. The number of hydrogen-bond acceptors (Lipinski definition) is 3. The lowest BCUT2D eigenvalue weighted by Crippen LogP contribution is -2.43. The molecule has 0 unspecified atom stereocenters. The van der Waals surface area contributed by atoms with Gasteiger partial charge in [0.25, 0.3) is 0 Å². The van der Waals surface area contributed by atoms with E-state index in [-0.39, 0.29) is 18.4 Å². The molecule has 0 heterocycles. The molecule has 0 radical (unpaired) electrons. The molecule has 27 heavy (non-hydrogen) atoms. The van der Waals surface area contributed by atoms with Crippen LogP contribution in [0, 0.1) is 3.57 Å². The third kappa shape index (κ3) is 6.53. The van der Waals surface area contributed by atoms with E-state index in [1.165, 1.54) is 19.2 Å². The number of methoxy groups -OCH3 is 1. The van der Waals surface area contributed by atoms with Crippen molar-refractivity contribution in [2.24, 2.45) is 0 Å². The summed E-state index contributed by atoms with van der Waals surface area (Å²) < 4.78 is 44.1. The number of nitrogens with one attached hydrogen (secondary N) is 1. The van der Waals surface area contributed by atoms with Crippen molar-refractivity contribution in [1.82, 2.24) is 5.32 Å². The molecule has 1 N–H and O–H groups in total. The summed E-state index contributed by atoms with van der Waals surface area (Å²) in [5.41, 5.74) is 0.210. The molecule has 2 aromatic rings. The van der Waals surface area contributed by atoms with Crippen LogP contribution < -0.4 is 5.32 Å². The van der Waals surface area contributed by atoms with Gasteiger partial charge in [0.05, 0.1) is 19.1 Å². The number of ether oxygens (including phenoxy) is 1. The second-order valence-electron chi connectivity index (χ2n) is 5.85. The number of rotatable bonds is 6. The Morgan fingerprint density at radius 2 is 1.78 bits per heavy atom. The van der Waals surface area contributed by atoms with Crippen molar-refractivity contribution in [2.75, 3.05) is 7.11 Å². The van der Waals surface area contributed by atoms with Crippen molar-refractivity contribution in [3.63, 3.8) is 0 Å². The lowest BCUT2D eigenvalue weighted by molar-refractivity contribution is -0.145. The lowest BCUT2D eigenvalue weighted by atomic mass is 10.0. The highest BCUT2D eigenvalue weighted by Crippen LogP contribution is 2.29. The zero-order valence-electron chi connectivity index (χ0n) is 14.3. The van der Waals surface area contributed by atoms with Gasteiger partial charge < -0.3 is 10.1 Å². The topological polar surface area (TPSA) is 55.4 Å². The van der Waals surface area contributed by atoms with Crippen molar-refractivity contribution < 1.29 is 27.5 Å². The first-order valence-corrected chi connectivity index (χ1v) is 9.04. The summed E-state index contributed by atoms with van der Waals surface area (Å²) in [7, 11) is 1.21. The van der Waals surface area contributed by atoms with Crippen molar-refractivity contribution in [2.45, 2.75) is 25.1 Å². The minimum atomic E-state index is -4.48. The summed E-state index contributed by atoms with van der Waals surface area (Å²) in [6.07, 6.45) is -4.53. The maximum atomic E-state index is 12.8. The molecule has 0 aliphatic heterocycles. The number of carbonyl (C=O) groups is 2. The fraction of sp³-hybridized carbons (Fsp3) is 0.263. The second kappa shape index (κ2) is 9.20. The lowest BCUT2D eigenvalue weighted by Gasteiger charge is -2.17. The van der Waals surface area contributed by atoms with Gasteiger partial charge in [0, 0.05) is 9.99 Å². The number of alkyl halides is 3. The van der Waals surface area contributed by atoms with E-state index in [1.807, 2.05) is 24.3 Å². The zero-order valence-corrected chi connectivity index (χ0v) is 16.5. The fourth-order valence-corrected chi connectivity index (χ4v) is 2.84. The van der Waals surface area contributed by atoms with Gasteiger partial charge in [-0.05, 0) is 51.9 Å². The van der Waals surface area contributed by atoms with Gasteiger partial charge in [0.1, 0.15) is 6.04 Å². The minimum Gasteiger partial charge on any atom is -0.467 e. The van der Waals surface area contributed by atoms with Gasteiger partial charge in [-0.25, -0.2) is 4.79 Å². The Hall–Kier alpha value is -2.10. The summed E-state index contributed by atoms with van der Waals surface area (Å²) in [5.74, 6) is -1.18. The number of halogens is 4. The monoisotopic (exact) mass is 491 g/mol. The van der Waals surface area contributed by atoms with Crippen molar-refractivity contribution in [3.05, 3.63) is 68.8 Å². The van der Waals surface area contributed by atoms with Gasteiger partial charge in [-0.2, -0.15) is 13.2 Å². The Bertz CT molecular complexity index is 807. The normalized spacial score (nSPS) is 12.3. The predicted molar refractivity (Wildman–Crippen MR) is 102 cm³/mol. The van der Waals surface area contributed by atoms with Gasteiger partial charge in [0.2, 0.25) is 5.91 Å². The fourth-order valence-electron chi connectivity index (χ4n) is 2.48. The highest BCUT2D eigenvalue weighted by Gasteiger charge is 2.30. The van der Waals surface area contributed by atoms with E-state index >= 15 is 0 Å². The number of benzene rings is 2. The molecule has 2 rings (SSSR count). The molecule has 8 heteroatoms. The van der Waals surface area contributed by atoms with E-state index in [4.69, 9.17) is 4.74 Å². The van der Waals surface area contributed by atoms with Crippen molar-refractivity contribution >= 4 is 34.5 Å². The quantitative estimate of drug-likeness (QED) is 0.495. The number of hydrogen-bond donors (Lipinski definition) is 1. The average Bonchev–Trinajstić information content (AvgIpc) is 2.61. The molecule has 2 aromatic carbocycles. The van der Waals surface area contributed by atoms with Crippen LogP contribution in [-0.2, 0) is 33.3 Å². The summed E-state index contributed by atoms with van der Waals surface area (Å²) in [6.45, 7) is 0. The Morgan fingerprint density at radius 3 is 2.37 bits per heavy atom. The number of amides is 1. The molecule has 0 spiro atoms. The number of esters is 1. The molecular formula is C19H17F3INO3. The SMILES string of the molecule is COC(=O)[C@@H](Cc1ccc(I)cc1)NC(=O)Cc1cccc(C(F)(F)F)c1. The van der Waals surface area contributed by atoms with Crippen LogP contribution in [0.5, 0.6) is 0 Å². The van der Waals surface area contributed by atoms with E-state index in [0.717, 1.165) is 21.3 Å². The van der Waals surface area contributed by atoms with E-state index < -0.39 is 29.7 Å². The first-order chi connectivity index (χ1) is 12.7. The molecule has 0 saturated carbocycles. The molecule has 4 nitrogen and oxygen atoms in total. The highest BCUT2D eigenvalue weighted by atomic mass is 127. The van der Waals surface area contributed by atoms with Crippen molar-refractivity contribution in [1.29, 1.82) is 0 Å². The molecule has 0 aromatic heterocycles. The van der Waals surface area contributed by atoms with Crippen LogP contribution in [0.3, 0.4) is 0 Å². The molecule has 0 saturated heterocycles. The first kappa shape index (κ1) is 21.2. The third-order valence-electron chi connectivity index (χ3n) is 3.79. The predicted octanol–water partition coefficient (Wildman–Crippen LogP) is 3.75. The van der Waals surface area contributed by atoms with Gasteiger partial charge in [0.15, 0.2) is 0 Å². The standard InChI is InChI=1S/C19H17F3INO3/c1-27-18(26)16(10-12-5-7-15(23)8-6-12)24-17(25)11-13-3-2-4-14(9-13)19(20,21)22/h2-9,16H,10-11H2,1H3,(H,24,25)/t16-/m1/s1. The van der Waals surface area contributed by atoms with E-state index in [9.17, 15) is 22.8 Å². The second-order valence-corrected chi connectivity index (χ2v) is 7.09. The van der Waals surface area contributed by atoms with Gasteiger partial charge in [-0.15, -0.1) is 0 Å². The molecular weight excluding hydrogens is 474 g/mol. The first-order valence-electron chi connectivity index (χ1n) is 7.97. The third-order valence-corrected chi connectivity index (χ3v) is 4.51. The molecule has 1 atom stereocenters. The highest BCUT2D eigenvalue weighted by molar-refractivity contribution is 14.1. The van der Waals surface area contributed by atoms with Gasteiger partial charge in [-0.1, -0.05) is 30.3 Å². The summed E-state index contributed by atoms with van der Waals surface area (Å²) >= 11 is 2.15. The number of carbonyl (C=O) groups excluding carboxylic acids is 2. The van der Waals surface area contributed by atoms with E-state index in [2.05, 4.69) is 27.9 Å². The minimum absolute atomic E-state index is 0.209. The van der Waals surface area contributed by atoms with E-state index in [1.54, 1.807) is 0 Å². The summed E-state index contributed by atoms with van der Waals surface area (Å²) in [6, 6.07) is 11.0.